The van der Waals surface area contributed by atoms with Gasteiger partial charge >= 0.3 is 11.1 Å². The van der Waals surface area contributed by atoms with Crippen LogP contribution in [0.3, 0.4) is 0 Å². The molecule has 5 rings (SSSR count). The Morgan fingerprint density at radius 2 is 2.12 bits per heavy atom. The first kappa shape index (κ1) is 15.6. The maximum Gasteiger partial charge on any atom is 0.332 e. The fraction of sp³-hybridized carbons (Fsp3) is 0.556. The Bertz CT molecular complexity index is 986. The van der Waals surface area contributed by atoms with E-state index in [1.807, 2.05) is 0 Å². The molecule has 136 valence electrons. The fourth-order valence-electron chi connectivity index (χ4n) is 4.21. The van der Waals surface area contributed by atoms with Crippen LogP contribution in [0.25, 0.3) is 0 Å². The monoisotopic (exact) mass is 356 g/mol. The number of hydrogen-bond acceptors (Lipinski definition) is 5. The second-order valence-electron chi connectivity index (χ2n) is 7.87. The molecular weight excluding hydrogens is 336 g/mol. The largest absolute Gasteiger partial charge is 0.459 e. The topological polar surface area (TPSA) is 90.3 Å². The molecule has 0 N–H and O–H groups in total. The summed E-state index contributed by atoms with van der Waals surface area (Å²) in [5, 5.41) is 4.48. The number of hydrogen-bond donors (Lipinski definition) is 0. The number of carbonyl (C=O) groups excluding carboxylic acids is 1. The Labute approximate surface area is 149 Å². The minimum Gasteiger partial charge on any atom is -0.459 e. The first-order valence-corrected chi connectivity index (χ1v) is 9.08. The highest BCUT2D eigenvalue weighted by Crippen LogP contribution is 2.39. The Morgan fingerprint density at radius 1 is 1.27 bits per heavy atom. The molecule has 4 heterocycles. The molecule has 2 aliphatic heterocycles. The highest BCUT2D eigenvalue weighted by Gasteiger charge is 2.46. The number of rotatable bonds is 3. The zero-order chi connectivity index (χ0) is 17.9. The third kappa shape index (κ3) is 2.43. The van der Waals surface area contributed by atoms with E-state index in [1.165, 1.54) is 15.5 Å². The van der Waals surface area contributed by atoms with Crippen LogP contribution in [-0.4, -0.2) is 38.2 Å². The lowest BCUT2D eigenvalue weighted by Gasteiger charge is -2.22. The molecule has 2 aromatic heterocycles. The minimum atomic E-state index is -0.529. The Balaban J connectivity index is 1.40. The van der Waals surface area contributed by atoms with Gasteiger partial charge < -0.3 is 9.32 Å². The molecule has 0 bridgehead atoms. The van der Waals surface area contributed by atoms with Gasteiger partial charge in [-0.25, -0.2) is 4.68 Å². The zero-order valence-electron chi connectivity index (χ0n) is 14.4. The maximum absolute atomic E-state index is 12.5. The van der Waals surface area contributed by atoms with Crippen molar-refractivity contribution in [2.45, 2.75) is 38.8 Å². The van der Waals surface area contributed by atoms with E-state index < -0.39 is 11.1 Å². The number of likely N-dealkylation sites (tertiary alicyclic amines) is 1. The van der Waals surface area contributed by atoms with E-state index in [4.69, 9.17) is 4.42 Å². The van der Waals surface area contributed by atoms with Gasteiger partial charge in [0, 0.05) is 38.0 Å². The van der Waals surface area contributed by atoms with Gasteiger partial charge in [0.2, 0.25) is 0 Å². The van der Waals surface area contributed by atoms with E-state index in [0.717, 1.165) is 19.3 Å². The van der Waals surface area contributed by atoms with Crippen molar-refractivity contribution < 1.29 is 9.21 Å². The lowest BCUT2D eigenvalue weighted by atomic mass is 9.86. The SMILES string of the molecule is O=C(c1ccco1)N1CC[C@]2(Cc3nn(CC4CC4)c(=O)c(=O)n3C2)C1. The van der Waals surface area contributed by atoms with Crippen molar-refractivity contribution in [3.63, 3.8) is 0 Å². The summed E-state index contributed by atoms with van der Waals surface area (Å²) in [7, 11) is 0. The van der Waals surface area contributed by atoms with Crippen LogP contribution in [0.15, 0.2) is 32.4 Å². The van der Waals surface area contributed by atoms with Gasteiger partial charge in [0.05, 0.1) is 6.26 Å². The molecule has 2 aromatic rings. The van der Waals surface area contributed by atoms with Crippen LogP contribution in [-0.2, 0) is 19.5 Å². The van der Waals surface area contributed by atoms with E-state index in [-0.39, 0.29) is 11.3 Å². The molecule has 0 aromatic carbocycles. The van der Waals surface area contributed by atoms with E-state index in [9.17, 15) is 14.4 Å². The van der Waals surface area contributed by atoms with Crippen molar-refractivity contribution in [1.29, 1.82) is 0 Å². The fourth-order valence-corrected chi connectivity index (χ4v) is 4.21. The van der Waals surface area contributed by atoms with Gasteiger partial charge in [-0.3, -0.25) is 19.0 Å². The van der Waals surface area contributed by atoms with Gasteiger partial charge in [-0.15, -0.1) is 0 Å². The van der Waals surface area contributed by atoms with Crippen molar-refractivity contribution in [2.24, 2.45) is 11.3 Å². The van der Waals surface area contributed by atoms with Gasteiger partial charge in [0.15, 0.2) is 5.76 Å². The molecule has 0 radical (unpaired) electrons. The predicted molar refractivity (Wildman–Crippen MR) is 90.8 cm³/mol. The van der Waals surface area contributed by atoms with Gasteiger partial charge in [0.25, 0.3) is 5.91 Å². The lowest BCUT2D eigenvalue weighted by Crippen LogP contribution is -2.43. The average molecular weight is 356 g/mol. The van der Waals surface area contributed by atoms with Gasteiger partial charge in [-0.2, -0.15) is 5.10 Å². The molecule has 26 heavy (non-hydrogen) atoms. The number of fused-ring (bicyclic) bond motifs is 1. The van der Waals surface area contributed by atoms with Gasteiger partial charge in [-0.1, -0.05) is 0 Å². The Hall–Kier alpha value is -2.64. The van der Waals surface area contributed by atoms with Crippen molar-refractivity contribution in [1.82, 2.24) is 19.2 Å². The van der Waals surface area contributed by atoms with E-state index in [1.54, 1.807) is 17.0 Å². The molecule has 0 unspecified atom stereocenters. The Kier molecular flexibility index (Phi) is 3.26. The minimum absolute atomic E-state index is 0.128. The quantitative estimate of drug-likeness (QED) is 0.747. The number of aromatic nitrogens is 3. The van der Waals surface area contributed by atoms with E-state index >= 15 is 0 Å². The standard InChI is InChI=1S/C18H20N4O4/c23-15(13-2-1-7-26-13)20-6-5-18(10-20)8-14-19-22(9-12-3-4-12)17(25)16(24)21(14)11-18/h1-2,7,12H,3-6,8-11H2/t18-/m0/s1. The molecule has 1 amide bonds. The molecule has 8 heteroatoms. The summed E-state index contributed by atoms with van der Waals surface area (Å²) in [4.78, 5) is 39.1. The molecular formula is C18H20N4O4. The number of amides is 1. The molecule has 2 fully saturated rings. The smallest absolute Gasteiger partial charge is 0.332 e. The van der Waals surface area contributed by atoms with Gasteiger partial charge in [-0.05, 0) is 37.3 Å². The third-order valence-electron chi connectivity index (χ3n) is 5.82. The van der Waals surface area contributed by atoms with Crippen LogP contribution in [0, 0.1) is 11.3 Å². The van der Waals surface area contributed by atoms with E-state index in [0.29, 0.717) is 50.1 Å². The van der Waals surface area contributed by atoms with E-state index in [2.05, 4.69) is 5.10 Å². The van der Waals surface area contributed by atoms with Gasteiger partial charge in [0.1, 0.15) is 5.82 Å². The second-order valence-corrected chi connectivity index (χ2v) is 7.87. The molecule has 1 saturated carbocycles. The Morgan fingerprint density at radius 3 is 2.85 bits per heavy atom. The van der Waals surface area contributed by atoms with Crippen LogP contribution in [0.1, 0.15) is 35.6 Å². The summed E-state index contributed by atoms with van der Waals surface area (Å²) in [5.74, 6) is 1.35. The summed E-state index contributed by atoms with van der Waals surface area (Å²) in [5.41, 5.74) is -1.23. The summed E-state index contributed by atoms with van der Waals surface area (Å²) >= 11 is 0. The normalized spacial score (nSPS) is 24.4. The summed E-state index contributed by atoms with van der Waals surface area (Å²) in [6, 6.07) is 3.36. The molecule has 1 aliphatic carbocycles. The van der Waals surface area contributed by atoms with Crippen LogP contribution in [0.2, 0.25) is 0 Å². The lowest BCUT2D eigenvalue weighted by molar-refractivity contribution is 0.0740. The average Bonchev–Trinajstić information content (AvgIpc) is 3.06. The summed E-state index contributed by atoms with van der Waals surface area (Å²) in [6.45, 7) is 2.16. The first-order chi connectivity index (χ1) is 12.5. The molecule has 1 saturated heterocycles. The number of carbonyl (C=O) groups is 1. The molecule has 8 nitrogen and oxygen atoms in total. The van der Waals surface area contributed by atoms with Crippen LogP contribution < -0.4 is 11.1 Å². The maximum atomic E-state index is 12.5. The summed E-state index contributed by atoms with van der Waals surface area (Å²) < 4.78 is 8.08. The van der Waals surface area contributed by atoms with Crippen LogP contribution in [0.5, 0.6) is 0 Å². The highest BCUT2D eigenvalue weighted by atomic mass is 16.3. The highest BCUT2D eigenvalue weighted by molar-refractivity contribution is 5.91. The third-order valence-corrected chi connectivity index (χ3v) is 5.82. The van der Waals surface area contributed by atoms with Crippen LogP contribution in [0.4, 0.5) is 0 Å². The van der Waals surface area contributed by atoms with Crippen molar-refractivity contribution in [3.05, 3.63) is 50.7 Å². The predicted octanol–water partition coefficient (Wildman–Crippen LogP) is 0.497. The van der Waals surface area contributed by atoms with Crippen molar-refractivity contribution in [3.8, 4) is 0 Å². The van der Waals surface area contributed by atoms with Crippen LogP contribution >= 0.6 is 0 Å². The summed E-state index contributed by atoms with van der Waals surface area (Å²) in [6.07, 6.45) is 5.09. The van der Waals surface area contributed by atoms with Crippen molar-refractivity contribution in [2.75, 3.05) is 13.1 Å². The second kappa shape index (κ2) is 5.43. The number of nitrogens with zero attached hydrogens (tertiary/aromatic N) is 4. The molecule has 3 aliphatic rings. The zero-order valence-corrected chi connectivity index (χ0v) is 14.4. The number of furan rings is 1. The first-order valence-electron chi connectivity index (χ1n) is 9.08. The molecule has 1 spiro atoms. The van der Waals surface area contributed by atoms with Crippen molar-refractivity contribution >= 4 is 5.91 Å². The molecule has 1 atom stereocenters.